The predicted molar refractivity (Wildman–Crippen MR) is 87.2 cm³/mol. The Morgan fingerprint density at radius 1 is 1.24 bits per heavy atom. The summed E-state index contributed by atoms with van der Waals surface area (Å²) >= 11 is 3.47. The Hall–Kier alpha value is -1.39. The van der Waals surface area contributed by atoms with E-state index in [9.17, 15) is 4.39 Å². The highest BCUT2D eigenvalue weighted by molar-refractivity contribution is 9.10. The summed E-state index contributed by atoms with van der Waals surface area (Å²) in [7, 11) is 1.57. The van der Waals surface area contributed by atoms with Gasteiger partial charge in [-0.3, -0.25) is 0 Å². The summed E-state index contributed by atoms with van der Waals surface area (Å²) in [5, 5.41) is 3.35. The molecule has 0 aliphatic carbocycles. The molecule has 112 valence electrons. The molecular weight excluding hydrogens is 333 g/mol. The quantitative estimate of drug-likeness (QED) is 0.827. The van der Waals surface area contributed by atoms with Gasteiger partial charge in [0.1, 0.15) is 11.6 Å². The lowest BCUT2D eigenvalue weighted by Gasteiger charge is -2.21. The number of halogens is 2. The molecule has 4 heteroatoms. The van der Waals surface area contributed by atoms with Crippen molar-refractivity contribution in [3.8, 4) is 5.75 Å². The molecule has 0 saturated heterocycles. The van der Waals surface area contributed by atoms with Crippen LogP contribution in [0.15, 0.2) is 46.9 Å². The summed E-state index contributed by atoms with van der Waals surface area (Å²) in [6, 6.07) is 12.9. The van der Waals surface area contributed by atoms with Gasteiger partial charge in [-0.05, 0) is 42.8 Å². The molecule has 1 N–H and O–H groups in total. The maximum absolute atomic E-state index is 14.3. The summed E-state index contributed by atoms with van der Waals surface area (Å²) < 4.78 is 20.6. The molecule has 0 fully saturated rings. The van der Waals surface area contributed by atoms with Crippen LogP contribution in [0.25, 0.3) is 0 Å². The van der Waals surface area contributed by atoms with E-state index in [1.807, 2.05) is 25.1 Å². The van der Waals surface area contributed by atoms with Gasteiger partial charge in [0, 0.05) is 16.1 Å². The molecule has 2 aromatic rings. The summed E-state index contributed by atoms with van der Waals surface area (Å²) in [5.74, 6) is 0.339. The Bertz CT molecular complexity index is 603. The number of methoxy groups -OCH3 is 1. The molecular formula is C17H19BrFNO. The second-order valence-corrected chi connectivity index (χ2v) is 5.72. The van der Waals surface area contributed by atoms with E-state index in [2.05, 4.69) is 27.3 Å². The van der Waals surface area contributed by atoms with E-state index in [1.165, 1.54) is 6.07 Å². The van der Waals surface area contributed by atoms with Crippen molar-refractivity contribution in [2.24, 2.45) is 0 Å². The van der Waals surface area contributed by atoms with Crippen LogP contribution in [0.2, 0.25) is 0 Å². The summed E-state index contributed by atoms with van der Waals surface area (Å²) in [6.45, 7) is 2.78. The zero-order valence-electron chi connectivity index (χ0n) is 12.2. The predicted octanol–water partition coefficient (Wildman–Crippen LogP) is 4.49. The SMILES string of the molecule is CCNC(Cc1cccc(Br)c1)c1c(F)cccc1OC. The first kappa shape index (κ1) is 16.0. The number of likely N-dealkylation sites (N-methyl/N-ethyl adjacent to an activating group) is 1. The number of hydrogen-bond acceptors (Lipinski definition) is 2. The Labute approximate surface area is 133 Å². The zero-order chi connectivity index (χ0) is 15.2. The van der Waals surface area contributed by atoms with E-state index in [-0.39, 0.29) is 11.9 Å². The van der Waals surface area contributed by atoms with Gasteiger partial charge < -0.3 is 10.1 Å². The lowest BCUT2D eigenvalue weighted by atomic mass is 9.97. The van der Waals surface area contributed by atoms with Crippen LogP contribution in [-0.2, 0) is 6.42 Å². The molecule has 2 nitrogen and oxygen atoms in total. The Kier molecular flexibility index (Phi) is 5.76. The molecule has 0 aliphatic rings. The standard InChI is InChI=1S/C17H19BrFNO/c1-3-20-15(11-12-6-4-7-13(18)10-12)17-14(19)8-5-9-16(17)21-2/h4-10,15,20H,3,11H2,1-2H3. The van der Waals surface area contributed by atoms with Crippen molar-refractivity contribution in [2.45, 2.75) is 19.4 Å². The minimum absolute atomic E-state index is 0.125. The maximum Gasteiger partial charge on any atom is 0.131 e. The van der Waals surface area contributed by atoms with E-state index >= 15 is 0 Å². The van der Waals surface area contributed by atoms with Crippen LogP contribution in [0.4, 0.5) is 4.39 Å². The first-order valence-electron chi connectivity index (χ1n) is 6.96. The Morgan fingerprint density at radius 2 is 2.00 bits per heavy atom. The van der Waals surface area contributed by atoms with Gasteiger partial charge in [-0.2, -0.15) is 0 Å². The molecule has 0 heterocycles. The summed E-state index contributed by atoms with van der Waals surface area (Å²) in [6.07, 6.45) is 0.699. The normalized spacial score (nSPS) is 12.2. The van der Waals surface area contributed by atoms with E-state index in [4.69, 9.17) is 4.74 Å². The van der Waals surface area contributed by atoms with Gasteiger partial charge in [-0.1, -0.05) is 41.1 Å². The van der Waals surface area contributed by atoms with E-state index in [0.717, 1.165) is 16.6 Å². The number of nitrogens with one attached hydrogen (secondary N) is 1. The molecule has 0 bridgehead atoms. The summed E-state index contributed by atoms with van der Waals surface area (Å²) in [4.78, 5) is 0. The van der Waals surface area contributed by atoms with Crippen molar-refractivity contribution in [3.63, 3.8) is 0 Å². The molecule has 2 rings (SSSR count). The first-order valence-corrected chi connectivity index (χ1v) is 7.75. The first-order chi connectivity index (χ1) is 10.2. The van der Waals surface area contributed by atoms with Gasteiger partial charge in [0.15, 0.2) is 0 Å². The largest absolute Gasteiger partial charge is 0.496 e. The van der Waals surface area contributed by atoms with Crippen LogP contribution >= 0.6 is 15.9 Å². The minimum atomic E-state index is -0.240. The second kappa shape index (κ2) is 7.57. The van der Waals surface area contributed by atoms with Crippen LogP contribution in [0, 0.1) is 5.82 Å². The average Bonchev–Trinajstić information content (AvgIpc) is 2.46. The van der Waals surface area contributed by atoms with Gasteiger partial charge in [-0.15, -0.1) is 0 Å². The number of hydrogen-bond donors (Lipinski definition) is 1. The summed E-state index contributed by atoms with van der Waals surface area (Å²) in [5.41, 5.74) is 1.72. The Balaban J connectivity index is 2.35. The zero-order valence-corrected chi connectivity index (χ0v) is 13.8. The molecule has 0 aromatic heterocycles. The van der Waals surface area contributed by atoms with Crippen molar-refractivity contribution in [3.05, 3.63) is 63.9 Å². The van der Waals surface area contributed by atoms with Gasteiger partial charge in [0.05, 0.1) is 7.11 Å². The van der Waals surface area contributed by atoms with E-state index in [0.29, 0.717) is 17.7 Å². The fraction of sp³-hybridized carbons (Fsp3) is 0.294. The molecule has 1 unspecified atom stereocenters. The van der Waals surface area contributed by atoms with Crippen LogP contribution in [-0.4, -0.2) is 13.7 Å². The second-order valence-electron chi connectivity index (χ2n) is 4.80. The van der Waals surface area contributed by atoms with Gasteiger partial charge >= 0.3 is 0 Å². The monoisotopic (exact) mass is 351 g/mol. The fourth-order valence-corrected chi connectivity index (χ4v) is 2.90. The molecule has 0 spiro atoms. The van der Waals surface area contributed by atoms with Crippen molar-refractivity contribution < 1.29 is 9.13 Å². The average molecular weight is 352 g/mol. The third-order valence-corrected chi connectivity index (χ3v) is 3.85. The van der Waals surface area contributed by atoms with Crippen LogP contribution in [0.3, 0.4) is 0 Å². The van der Waals surface area contributed by atoms with Crippen molar-refractivity contribution in [1.29, 1.82) is 0 Å². The highest BCUT2D eigenvalue weighted by Crippen LogP contribution is 2.30. The third-order valence-electron chi connectivity index (χ3n) is 3.36. The molecule has 0 aliphatic heterocycles. The lowest BCUT2D eigenvalue weighted by Crippen LogP contribution is -2.24. The topological polar surface area (TPSA) is 21.3 Å². The number of rotatable bonds is 6. The molecule has 0 amide bonds. The number of ether oxygens (including phenoxy) is 1. The molecule has 1 atom stereocenters. The van der Waals surface area contributed by atoms with Gasteiger partial charge in [0.2, 0.25) is 0 Å². The van der Waals surface area contributed by atoms with Crippen LogP contribution in [0.1, 0.15) is 24.1 Å². The van der Waals surface area contributed by atoms with Crippen molar-refractivity contribution >= 4 is 15.9 Å². The van der Waals surface area contributed by atoms with Crippen LogP contribution in [0.5, 0.6) is 5.75 Å². The van der Waals surface area contributed by atoms with Gasteiger partial charge in [0.25, 0.3) is 0 Å². The van der Waals surface area contributed by atoms with Crippen LogP contribution < -0.4 is 10.1 Å². The maximum atomic E-state index is 14.3. The Morgan fingerprint density at radius 3 is 2.67 bits per heavy atom. The van der Waals surface area contributed by atoms with Crippen molar-refractivity contribution in [2.75, 3.05) is 13.7 Å². The smallest absolute Gasteiger partial charge is 0.131 e. The molecule has 21 heavy (non-hydrogen) atoms. The minimum Gasteiger partial charge on any atom is -0.496 e. The fourth-order valence-electron chi connectivity index (χ4n) is 2.46. The molecule has 0 radical (unpaired) electrons. The highest BCUT2D eigenvalue weighted by atomic mass is 79.9. The molecule has 2 aromatic carbocycles. The van der Waals surface area contributed by atoms with E-state index < -0.39 is 0 Å². The van der Waals surface area contributed by atoms with Crippen molar-refractivity contribution in [1.82, 2.24) is 5.32 Å². The highest BCUT2D eigenvalue weighted by Gasteiger charge is 2.20. The number of benzene rings is 2. The third kappa shape index (κ3) is 4.05. The van der Waals surface area contributed by atoms with Gasteiger partial charge in [-0.25, -0.2) is 4.39 Å². The lowest BCUT2D eigenvalue weighted by molar-refractivity contribution is 0.390. The molecule has 0 saturated carbocycles. The van der Waals surface area contributed by atoms with E-state index in [1.54, 1.807) is 19.2 Å².